The molecule has 0 spiro atoms. The van der Waals surface area contributed by atoms with E-state index in [0.717, 1.165) is 23.6 Å². The number of aromatic nitrogens is 1. The molecule has 1 atom stereocenters. The lowest BCUT2D eigenvalue weighted by molar-refractivity contribution is -0.117. The molecular formula is C19H22ClN3O2. The molecule has 6 heteroatoms. The number of carbonyl (C=O) groups is 2. The SMILES string of the molecule is CCn1c(C)cc(C(=O)N[C@@H]2CC(=O)N(c3cccc(Cl)c3)C2)c1C. The van der Waals surface area contributed by atoms with E-state index in [9.17, 15) is 9.59 Å². The average molecular weight is 360 g/mol. The summed E-state index contributed by atoms with van der Waals surface area (Å²) in [5.74, 6) is -0.134. The van der Waals surface area contributed by atoms with Gasteiger partial charge in [0.15, 0.2) is 0 Å². The first-order valence-corrected chi connectivity index (χ1v) is 8.82. The normalized spacial score (nSPS) is 17.2. The molecule has 1 saturated heterocycles. The van der Waals surface area contributed by atoms with Gasteiger partial charge in [0.2, 0.25) is 5.91 Å². The summed E-state index contributed by atoms with van der Waals surface area (Å²) >= 11 is 6.01. The predicted octanol–water partition coefficient (Wildman–Crippen LogP) is 3.31. The van der Waals surface area contributed by atoms with Crippen LogP contribution in [-0.4, -0.2) is 29.0 Å². The molecule has 1 aromatic carbocycles. The third-order valence-electron chi connectivity index (χ3n) is 4.71. The fourth-order valence-electron chi connectivity index (χ4n) is 3.48. The van der Waals surface area contributed by atoms with Gasteiger partial charge < -0.3 is 14.8 Å². The highest BCUT2D eigenvalue weighted by Crippen LogP contribution is 2.25. The van der Waals surface area contributed by atoms with Crippen LogP contribution in [0.3, 0.4) is 0 Å². The zero-order valence-electron chi connectivity index (χ0n) is 14.7. The molecule has 25 heavy (non-hydrogen) atoms. The summed E-state index contributed by atoms with van der Waals surface area (Å²) in [7, 11) is 0. The lowest BCUT2D eigenvalue weighted by Crippen LogP contribution is -2.37. The molecule has 2 amide bonds. The molecule has 132 valence electrons. The number of hydrogen-bond donors (Lipinski definition) is 1. The summed E-state index contributed by atoms with van der Waals surface area (Å²) in [4.78, 5) is 26.6. The lowest BCUT2D eigenvalue weighted by atomic mass is 10.2. The molecule has 1 N–H and O–H groups in total. The van der Waals surface area contributed by atoms with Gasteiger partial charge in [0.05, 0.1) is 11.6 Å². The first-order chi connectivity index (χ1) is 11.9. The maximum atomic E-state index is 12.6. The Morgan fingerprint density at radius 2 is 2.08 bits per heavy atom. The molecule has 0 bridgehead atoms. The minimum absolute atomic E-state index is 0.00778. The van der Waals surface area contributed by atoms with Crippen molar-refractivity contribution in [2.45, 2.75) is 39.8 Å². The van der Waals surface area contributed by atoms with Crippen LogP contribution in [0.1, 0.15) is 35.1 Å². The van der Waals surface area contributed by atoms with Crippen molar-refractivity contribution in [3.63, 3.8) is 0 Å². The predicted molar refractivity (Wildman–Crippen MR) is 99.3 cm³/mol. The maximum absolute atomic E-state index is 12.6. The smallest absolute Gasteiger partial charge is 0.253 e. The Kier molecular flexibility index (Phi) is 4.86. The molecule has 1 fully saturated rings. The number of nitrogens with one attached hydrogen (secondary N) is 1. The number of nitrogens with zero attached hydrogens (tertiary/aromatic N) is 2. The van der Waals surface area contributed by atoms with Gasteiger partial charge in [0, 0.05) is 41.6 Å². The third-order valence-corrected chi connectivity index (χ3v) is 4.95. The van der Waals surface area contributed by atoms with Crippen molar-refractivity contribution < 1.29 is 9.59 Å². The summed E-state index contributed by atoms with van der Waals surface area (Å²) in [6.45, 7) is 7.28. The van der Waals surface area contributed by atoms with Crippen molar-refractivity contribution in [3.05, 3.63) is 52.3 Å². The van der Waals surface area contributed by atoms with Crippen LogP contribution in [0.4, 0.5) is 5.69 Å². The van der Waals surface area contributed by atoms with Crippen LogP contribution in [-0.2, 0) is 11.3 Å². The fraction of sp³-hybridized carbons (Fsp3) is 0.368. The van der Waals surface area contributed by atoms with Gasteiger partial charge in [-0.05, 0) is 45.0 Å². The molecule has 0 unspecified atom stereocenters. The van der Waals surface area contributed by atoms with Crippen LogP contribution in [0.15, 0.2) is 30.3 Å². The second-order valence-electron chi connectivity index (χ2n) is 6.39. The topological polar surface area (TPSA) is 54.3 Å². The number of rotatable bonds is 4. The highest BCUT2D eigenvalue weighted by Gasteiger charge is 2.32. The van der Waals surface area contributed by atoms with Crippen molar-refractivity contribution in [2.75, 3.05) is 11.4 Å². The monoisotopic (exact) mass is 359 g/mol. The summed E-state index contributed by atoms with van der Waals surface area (Å²) in [6, 6.07) is 8.90. The number of anilines is 1. The van der Waals surface area contributed by atoms with Crippen molar-refractivity contribution in [1.82, 2.24) is 9.88 Å². The van der Waals surface area contributed by atoms with Crippen LogP contribution >= 0.6 is 11.6 Å². The summed E-state index contributed by atoms with van der Waals surface area (Å²) in [5, 5.41) is 3.59. The molecule has 1 aliphatic rings. The molecular weight excluding hydrogens is 338 g/mol. The van der Waals surface area contributed by atoms with Gasteiger partial charge in [0.25, 0.3) is 5.91 Å². The van der Waals surface area contributed by atoms with Gasteiger partial charge in [-0.1, -0.05) is 17.7 Å². The van der Waals surface area contributed by atoms with Gasteiger partial charge in [0.1, 0.15) is 0 Å². The zero-order chi connectivity index (χ0) is 18.1. The van der Waals surface area contributed by atoms with Crippen LogP contribution in [0, 0.1) is 13.8 Å². The molecule has 5 nitrogen and oxygen atoms in total. The molecule has 1 aliphatic heterocycles. The standard InChI is InChI=1S/C19H22ClN3O2/c1-4-22-12(2)8-17(13(22)3)19(25)21-15-10-18(24)23(11-15)16-7-5-6-14(20)9-16/h5-9,15H,4,10-11H2,1-3H3,(H,21,25)/t15-/m1/s1. The molecule has 2 heterocycles. The van der Waals surface area contributed by atoms with E-state index >= 15 is 0 Å². The average Bonchev–Trinajstić information content (AvgIpc) is 3.06. The Hall–Kier alpha value is -2.27. The number of halogens is 1. The van der Waals surface area contributed by atoms with Crippen LogP contribution in [0.25, 0.3) is 0 Å². The van der Waals surface area contributed by atoms with Crippen molar-refractivity contribution >= 4 is 29.1 Å². The Labute approximate surface area is 152 Å². The second-order valence-corrected chi connectivity index (χ2v) is 6.82. The van der Waals surface area contributed by atoms with Gasteiger partial charge in [-0.3, -0.25) is 9.59 Å². The fourth-order valence-corrected chi connectivity index (χ4v) is 3.66. The summed E-state index contributed by atoms with van der Waals surface area (Å²) < 4.78 is 2.10. The van der Waals surface area contributed by atoms with Gasteiger partial charge in [-0.2, -0.15) is 0 Å². The van der Waals surface area contributed by atoms with Gasteiger partial charge in [-0.25, -0.2) is 0 Å². The first kappa shape index (κ1) is 17.5. The Bertz CT molecular complexity index is 828. The van der Waals surface area contributed by atoms with Crippen molar-refractivity contribution in [1.29, 1.82) is 0 Å². The Balaban J connectivity index is 1.72. The largest absolute Gasteiger partial charge is 0.349 e. The number of aryl methyl sites for hydroxylation is 1. The molecule has 3 rings (SSSR count). The molecule has 0 radical (unpaired) electrons. The first-order valence-electron chi connectivity index (χ1n) is 8.44. The minimum Gasteiger partial charge on any atom is -0.349 e. The van der Waals surface area contributed by atoms with Crippen molar-refractivity contribution in [3.8, 4) is 0 Å². The molecule has 0 aliphatic carbocycles. The van der Waals surface area contributed by atoms with E-state index in [1.165, 1.54) is 0 Å². The van der Waals surface area contributed by atoms with Gasteiger partial charge >= 0.3 is 0 Å². The lowest BCUT2D eigenvalue weighted by Gasteiger charge is -2.17. The quantitative estimate of drug-likeness (QED) is 0.910. The van der Waals surface area contributed by atoms with E-state index in [-0.39, 0.29) is 17.9 Å². The summed E-state index contributed by atoms with van der Waals surface area (Å²) in [5.41, 5.74) is 3.45. The second kappa shape index (κ2) is 6.92. The van der Waals surface area contributed by atoms with E-state index in [1.54, 1.807) is 17.0 Å². The van der Waals surface area contributed by atoms with Crippen LogP contribution in [0.5, 0.6) is 0 Å². The van der Waals surface area contributed by atoms with E-state index in [0.29, 0.717) is 23.6 Å². The molecule has 2 aromatic rings. The Morgan fingerprint density at radius 3 is 2.72 bits per heavy atom. The van der Waals surface area contributed by atoms with E-state index in [2.05, 4.69) is 16.8 Å². The number of carbonyl (C=O) groups excluding carboxylic acids is 2. The number of hydrogen-bond acceptors (Lipinski definition) is 2. The zero-order valence-corrected chi connectivity index (χ0v) is 15.4. The molecule has 0 saturated carbocycles. The molecule has 1 aromatic heterocycles. The van der Waals surface area contributed by atoms with Crippen LogP contribution in [0.2, 0.25) is 5.02 Å². The van der Waals surface area contributed by atoms with E-state index in [4.69, 9.17) is 11.6 Å². The van der Waals surface area contributed by atoms with E-state index < -0.39 is 0 Å². The maximum Gasteiger partial charge on any atom is 0.253 e. The highest BCUT2D eigenvalue weighted by atomic mass is 35.5. The third kappa shape index (κ3) is 3.42. The minimum atomic E-state index is -0.205. The number of amides is 2. The van der Waals surface area contributed by atoms with E-state index in [1.807, 2.05) is 32.0 Å². The van der Waals surface area contributed by atoms with Crippen molar-refractivity contribution in [2.24, 2.45) is 0 Å². The van der Waals surface area contributed by atoms with Crippen LogP contribution < -0.4 is 10.2 Å². The Morgan fingerprint density at radius 1 is 1.32 bits per heavy atom. The highest BCUT2D eigenvalue weighted by molar-refractivity contribution is 6.30. The van der Waals surface area contributed by atoms with Gasteiger partial charge in [-0.15, -0.1) is 0 Å². The number of benzene rings is 1. The summed E-state index contributed by atoms with van der Waals surface area (Å²) in [6.07, 6.45) is 0.296.